The number of nitrogens with two attached hydrogens (primary N) is 1. The van der Waals surface area contributed by atoms with E-state index in [0.29, 0.717) is 0 Å². The first-order valence-electron chi connectivity index (χ1n) is 2.88. The molecule has 0 saturated heterocycles. The van der Waals surface area contributed by atoms with Crippen LogP contribution >= 0.6 is 12.2 Å². The van der Waals surface area contributed by atoms with E-state index in [0.717, 1.165) is 5.37 Å². The van der Waals surface area contributed by atoms with E-state index >= 15 is 0 Å². The van der Waals surface area contributed by atoms with Crippen molar-refractivity contribution in [2.45, 2.75) is 5.66 Å². The fourth-order valence-corrected chi connectivity index (χ4v) is 0.574. The lowest BCUT2D eigenvalue weighted by molar-refractivity contribution is -0.142. The van der Waals surface area contributed by atoms with Crippen molar-refractivity contribution in [3.05, 3.63) is 0 Å². The molecule has 1 atom stereocenters. The summed E-state index contributed by atoms with van der Waals surface area (Å²) in [7, 11) is 0. The Morgan fingerprint density at radius 3 is 2.33 bits per heavy atom. The van der Waals surface area contributed by atoms with E-state index in [2.05, 4.69) is 17.5 Å². The van der Waals surface area contributed by atoms with Crippen molar-refractivity contribution in [3.8, 4) is 0 Å². The van der Waals surface area contributed by atoms with Crippen molar-refractivity contribution >= 4 is 29.5 Å². The fraction of sp³-hybridized carbons (Fsp3) is 0.400. The van der Waals surface area contributed by atoms with E-state index in [-0.39, 0.29) is 0 Å². The standard InChI is InChI=1S/C5H8N2O4S/c6-5(2-12,4(10)11)7-1-3(8)9/h2,7H,1,6H2,(H,8,9)(H,10,11). The predicted octanol–water partition coefficient (Wildman–Crippen LogP) is -1.60. The monoisotopic (exact) mass is 192 g/mol. The molecule has 0 aliphatic heterocycles. The number of carboxylic acid groups (broad SMARTS) is 2. The summed E-state index contributed by atoms with van der Waals surface area (Å²) in [4.78, 5) is 20.4. The SMILES string of the molecule is NC(C=S)(NCC(=O)O)C(=O)O. The normalized spacial score (nSPS) is 14.8. The molecule has 7 heteroatoms. The minimum atomic E-state index is -1.95. The number of hydrogen-bond donors (Lipinski definition) is 4. The van der Waals surface area contributed by atoms with Crippen LogP contribution in [0.4, 0.5) is 0 Å². The Kier molecular flexibility index (Phi) is 3.74. The van der Waals surface area contributed by atoms with Gasteiger partial charge in [0, 0.05) is 5.37 Å². The molecular formula is C5H8N2O4S. The Bertz CT molecular complexity index is 219. The highest BCUT2D eigenvalue weighted by Gasteiger charge is 2.31. The molecule has 1 unspecified atom stereocenters. The van der Waals surface area contributed by atoms with Crippen LogP contribution in [0.3, 0.4) is 0 Å². The van der Waals surface area contributed by atoms with Crippen LogP contribution in [-0.4, -0.2) is 39.7 Å². The van der Waals surface area contributed by atoms with E-state index in [1.807, 2.05) is 0 Å². The molecule has 0 amide bonds. The van der Waals surface area contributed by atoms with Crippen molar-refractivity contribution in [1.29, 1.82) is 0 Å². The molecular weight excluding hydrogens is 184 g/mol. The lowest BCUT2D eigenvalue weighted by Gasteiger charge is -2.19. The highest BCUT2D eigenvalue weighted by Crippen LogP contribution is 1.91. The van der Waals surface area contributed by atoms with Gasteiger partial charge in [-0.1, -0.05) is 12.2 Å². The summed E-state index contributed by atoms with van der Waals surface area (Å²) in [6.45, 7) is -0.560. The summed E-state index contributed by atoms with van der Waals surface area (Å²) in [5.74, 6) is -2.62. The van der Waals surface area contributed by atoms with Gasteiger partial charge in [0.25, 0.3) is 0 Å². The lowest BCUT2D eigenvalue weighted by atomic mass is 10.2. The maximum absolute atomic E-state index is 10.4. The molecule has 0 aromatic rings. The van der Waals surface area contributed by atoms with Crippen molar-refractivity contribution in [1.82, 2.24) is 5.32 Å². The minimum absolute atomic E-state index is 0.560. The van der Waals surface area contributed by atoms with Gasteiger partial charge in [-0.15, -0.1) is 0 Å². The van der Waals surface area contributed by atoms with E-state index < -0.39 is 24.1 Å². The largest absolute Gasteiger partial charge is 0.480 e. The molecule has 0 spiro atoms. The fourth-order valence-electron chi connectivity index (χ4n) is 0.390. The number of hydrogen-bond acceptors (Lipinski definition) is 5. The average molecular weight is 192 g/mol. The molecule has 0 heterocycles. The van der Waals surface area contributed by atoms with Crippen molar-refractivity contribution in [2.24, 2.45) is 5.73 Å². The number of rotatable bonds is 5. The predicted molar refractivity (Wildman–Crippen MR) is 43.8 cm³/mol. The second-order valence-corrected chi connectivity index (χ2v) is 2.28. The molecule has 0 fully saturated rings. The van der Waals surface area contributed by atoms with E-state index in [4.69, 9.17) is 15.9 Å². The summed E-state index contributed by atoms with van der Waals surface area (Å²) in [5.41, 5.74) is 3.20. The summed E-state index contributed by atoms with van der Waals surface area (Å²) in [6.07, 6.45) is 0. The van der Waals surface area contributed by atoms with E-state index in [1.165, 1.54) is 0 Å². The lowest BCUT2D eigenvalue weighted by Crippen LogP contribution is -2.61. The number of carboxylic acids is 2. The van der Waals surface area contributed by atoms with E-state index in [9.17, 15) is 9.59 Å². The van der Waals surface area contributed by atoms with Gasteiger partial charge < -0.3 is 10.2 Å². The molecule has 0 aromatic heterocycles. The third-order valence-electron chi connectivity index (χ3n) is 1.07. The van der Waals surface area contributed by atoms with Crippen LogP contribution in [-0.2, 0) is 9.59 Å². The third-order valence-corrected chi connectivity index (χ3v) is 1.44. The summed E-state index contributed by atoms with van der Waals surface area (Å²) in [6, 6.07) is 0. The molecule has 0 aliphatic rings. The first-order valence-corrected chi connectivity index (χ1v) is 3.35. The van der Waals surface area contributed by atoms with Crippen molar-refractivity contribution in [3.63, 3.8) is 0 Å². The first kappa shape index (κ1) is 11.0. The van der Waals surface area contributed by atoms with Crippen LogP contribution in [0.5, 0.6) is 0 Å². The highest BCUT2D eigenvalue weighted by atomic mass is 32.1. The number of carbonyl (C=O) groups is 2. The molecule has 0 saturated carbocycles. The van der Waals surface area contributed by atoms with Gasteiger partial charge in [0.15, 0.2) is 5.66 Å². The molecule has 0 rings (SSSR count). The smallest absolute Gasteiger partial charge is 0.343 e. The van der Waals surface area contributed by atoms with Crippen LogP contribution in [0.15, 0.2) is 0 Å². The Labute approximate surface area is 73.4 Å². The van der Waals surface area contributed by atoms with Gasteiger partial charge in [0.2, 0.25) is 0 Å². The van der Waals surface area contributed by atoms with Gasteiger partial charge in [-0.3, -0.25) is 15.8 Å². The summed E-state index contributed by atoms with van der Waals surface area (Å²) in [5, 5.41) is 19.5. The number of aliphatic carboxylic acids is 2. The Morgan fingerprint density at radius 1 is 1.58 bits per heavy atom. The first-order chi connectivity index (χ1) is 5.42. The Balaban J connectivity index is 4.25. The van der Waals surface area contributed by atoms with Crippen LogP contribution in [0, 0.1) is 0 Å². The molecule has 0 aromatic carbocycles. The van der Waals surface area contributed by atoms with Gasteiger partial charge in [-0.25, -0.2) is 4.79 Å². The average Bonchev–Trinajstić information content (AvgIpc) is 1.99. The zero-order chi connectivity index (χ0) is 9.78. The highest BCUT2D eigenvalue weighted by molar-refractivity contribution is 7.79. The molecule has 12 heavy (non-hydrogen) atoms. The number of thiocarbonyl (C=S) groups is 1. The molecule has 0 bridgehead atoms. The third kappa shape index (κ3) is 2.91. The van der Waals surface area contributed by atoms with Crippen LogP contribution in [0.25, 0.3) is 0 Å². The van der Waals surface area contributed by atoms with Gasteiger partial charge in [0.1, 0.15) is 0 Å². The zero-order valence-electron chi connectivity index (χ0n) is 5.98. The molecule has 68 valence electrons. The maximum atomic E-state index is 10.4. The maximum Gasteiger partial charge on any atom is 0.343 e. The van der Waals surface area contributed by atoms with Crippen LogP contribution in [0.1, 0.15) is 0 Å². The molecule has 0 aliphatic carbocycles. The quantitative estimate of drug-likeness (QED) is 0.306. The van der Waals surface area contributed by atoms with Crippen molar-refractivity contribution < 1.29 is 19.8 Å². The van der Waals surface area contributed by atoms with Gasteiger partial charge >= 0.3 is 11.9 Å². The van der Waals surface area contributed by atoms with Gasteiger partial charge in [-0.2, -0.15) is 0 Å². The topological polar surface area (TPSA) is 113 Å². The minimum Gasteiger partial charge on any atom is -0.480 e. The second kappa shape index (κ2) is 4.10. The van der Waals surface area contributed by atoms with E-state index in [1.54, 1.807) is 0 Å². The summed E-state index contributed by atoms with van der Waals surface area (Å²) < 4.78 is 0. The van der Waals surface area contributed by atoms with Crippen LogP contribution in [0.2, 0.25) is 0 Å². The molecule has 0 radical (unpaired) electrons. The molecule has 5 N–H and O–H groups in total. The zero-order valence-corrected chi connectivity index (χ0v) is 6.80. The molecule has 6 nitrogen and oxygen atoms in total. The van der Waals surface area contributed by atoms with Crippen LogP contribution < -0.4 is 11.1 Å². The van der Waals surface area contributed by atoms with Gasteiger partial charge in [0.05, 0.1) is 6.54 Å². The second-order valence-electron chi connectivity index (χ2n) is 2.04. The summed E-state index contributed by atoms with van der Waals surface area (Å²) >= 11 is 4.33. The Morgan fingerprint density at radius 2 is 2.08 bits per heavy atom. The van der Waals surface area contributed by atoms with Crippen molar-refractivity contribution in [2.75, 3.05) is 6.54 Å². The van der Waals surface area contributed by atoms with Gasteiger partial charge in [-0.05, 0) is 0 Å². The number of nitrogens with one attached hydrogen (secondary N) is 1. The Hall–Kier alpha value is -1.05.